The molecule has 1 aromatic rings. The summed E-state index contributed by atoms with van der Waals surface area (Å²) in [5.74, 6) is 1.51. The molecule has 1 aromatic carbocycles. The Bertz CT molecular complexity index is 405. The van der Waals surface area contributed by atoms with Crippen molar-refractivity contribution < 1.29 is 9.53 Å². The van der Waals surface area contributed by atoms with Gasteiger partial charge in [-0.05, 0) is 43.5 Å². The molecular weight excluding hydrogens is 274 g/mol. The van der Waals surface area contributed by atoms with Crippen LogP contribution in [0.2, 0.25) is 0 Å². The van der Waals surface area contributed by atoms with Gasteiger partial charge < -0.3 is 10.1 Å². The van der Waals surface area contributed by atoms with Crippen molar-refractivity contribution in [3.8, 4) is 5.75 Å². The minimum Gasteiger partial charge on any atom is -0.494 e. The van der Waals surface area contributed by atoms with E-state index in [1.54, 1.807) is 12.1 Å². The van der Waals surface area contributed by atoms with Crippen LogP contribution in [0.5, 0.6) is 5.75 Å². The van der Waals surface area contributed by atoms with Crippen molar-refractivity contribution >= 4 is 17.5 Å². The van der Waals surface area contributed by atoms with Crippen LogP contribution in [0.15, 0.2) is 24.3 Å². The number of carbonyl (C=O) groups is 1. The molecule has 1 N–H and O–H groups in total. The van der Waals surface area contributed by atoms with Crippen molar-refractivity contribution in [1.82, 2.24) is 5.32 Å². The van der Waals surface area contributed by atoms with Crippen molar-refractivity contribution in [2.45, 2.75) is 39.7 Å². The quantitative estimate of drug-likeness (QED) is 0.584. The summed E-state index contributed by atoms with van der Waals surface area (Å²) in [6.07, 6.45) is 2.15. The van der Waals surface area contributed by atoms with Crippen molar-refractivity contribution in [1.29, 1.82) is 0 Å². The summed E-state index contributed by atoms with van der Waals surface area (Å²) in [7, 11) is 0. The van der Waals surface area contributed by atoms with Gasteiger partial charge in [-0.15, -0.1) is 11.6 Å². The highest BCUT2D eigenvalue weighted by Gasteiger charge is 2.14. The summed E-state index contributed by atoms with van der Waals surface area (Å²) >= 11 is 5.79. The standard InChI is InChI=1S/C16H24ClNO2/c1-4-5-10-20-15-8-6-14(7-9-15)16(19)18-13(3)12(2)11-17/h6-9,12-13H,4-5,10-11H2,1-3H3,(H,18,19). The molecule has 0 aliphatic rings. The smallest absolute Gasteiger partial charge is 0.251 e. The van der Waals surface area contributed by atoms with Crippen LogP contribution in [0.25, 0.3) is 0 Å². The van der Waals surface area contributed by atoms with Gasteiger partial charge in [0.05, 0.1) is 6.61 Å². The number of ether oxygens (including phenoxy) is 1. The fraction of sp³-hybridized carbons (Fsp3) is 0.562. The van der Waals surface area contributed by atoms with E-state index in [0.717, 1.165) is 18.6 Å². The van der Waals surface area contributed by atoms with Gasteiger partial charge in [0.1, 0.15) is 5.75 Å². The molecule has 0 heterocycles. The predicted octanol–water partition coefficient (Wildman–Crippen LogP) is 3.86. The molecule has 2 unspecified atom stereocenters. The summed E-state index contributed by atoms with van der Waals surface area (Å²) in [4.78, 5) is 12.1. The number of alkyl halides is 1. The van der Waals surface area contributed by atoms with Gasteiger partial charge in [0, 0.05) is 17.5 Å². The van der Waals surface area contributed by atoms with Crippen molar-refractivity contribution in [2.75, 3.05) is 12.5 Å². The Balaban J connectivity index is 2.53. The zero-order valence-electron chi connectivity index (χ0n) is 12.5. The van der Waals surface area contributed by atoms with E-state index >= 15 is 0 Å². The van der Waals surface area contributed by atoms with Gasteiger partial charge in [0.2, 0.25) is 0 Å². The molecule has 0 saturated heterocycles. The van der Waals surface area contributed by atoms with Gasteiger partial charge in [0.25, 0.3) is 5.91 Å². The van der Waals surface area contributed by atoms with Crippen molar-refractivity contribution in [3.05, 3.63) is 29.8 Å². The first-order valence-electron chi connectivity index (χ1n) is 7.18. The number of rotatable bonds is 8. The van der Waals surface area contributed by atoms with Crippen LogP contribution in [0.3, 0.4) is 0 Å². The third-order valence-electron chi connectivity index (χ3n) is 3.34. The van der Waals surface area contributed by atoms with Gasteiger partial charge >= 0.3 is 0 Å². The van der Waals surface area contributed by atoms with E-state index in [1.807, 2.05) is 26.0 Å². The van der Waals surface area contributed by atoms with E-state index in [1.165, 1.54) is 0 Å². The Morgan fingerprint density at radius 1 is 1.30 bits per heavy atom. The zero-order chi connectivity index (χ0) is 15.0. The first-order chi connectivity index (χ1) is 9.58. The van der Waals surface area contributed by atoms with Gasteiger partial charge in [-0.25, -0.2) is 0 Å². The van der Waals surface area contributed by atoms with Crippen LogP contribution in [-0.4, -0.2) is 24.4 Å². The number of nitrogens with one attached hydrogen (secondary N) is 1. The SMILES string of the molecule is CCCCOc1ccc(C(=O)NC(C)C(C)CCl)cc1. The van der Waals surface area contributed by atoms with E-state index in [9.17, 15) is 4.79 Å². The highest BCUT2D eigenvalue weighted by molar-refractivity contribution is 6.18. The Morgan fingerprint density at radius 3 is 2.50 bits per heavy atom. The highest BCUT2D eigenvalue weighted by Crippen LogP contribution is 2.13. The Labute approximate surface area is 126 Å². The molecule has 112 valence electrons. The number of hydrogen-bond acceptors (Lipinski definition) is 2. The third kappa shape index (κ3) is 5.41. The molecule has 2 atom stereocenters. The lowest BCUT2D eigenvalue weighted by molar-refractivity contribution is 0.0931. The van der Waals surface area contributed by atoms with Crippen LogP contribution in [0, 0.1) is 5.92 Å². The summed E-state index contributed by atoms with van der Waals surface area (Å²) < 4.78 is 5.57. The van der Waals surface area contributed by atoms with Gasteiger partial charge in [-0.1, -0.05) is 20.3 Å². The number of benzene rings is 1. The van der Waals surface area contributed by atoms with E-state index in [0.29, 0.717) is 18.1 Å². The maximum atomic E-state index is 12.1. The van der Waals surface area contributed by atoms with Crippen LogP contribution in [0.4, 0.5) is 0 Å². The lowest BCUT2D eigenvalue weighted by Crippen LogP contribution is -2.37. The molecular formula is C16H24ClNO2. The monoisotopic (exact) mass is 297 g/mol. The molecule has 0 aliphatic heterocycles. The molecule has 0 saturated carbocycles. The number of halogens is 1. The highest BCUT2D eigenvalue weighted by atomic mass is 35.5. The van der Waals surface area contributed by atoms with Gasteiger partial charge in [-0.3, -0.25) is 4.79 Å². The van der Waals surface area contributed by atoms with Crippen molar-refractivity contribution in [3.63, 3.8) is 0 Å². The average Bonchev–Trinajstić information content (AvgIpc) is 2.47. The molecule has 3 nitrogen and oxygen atoms in total. The largest absolute Gasteiger partial charge is 0.494 e. The summed E-state index contributed by atoms with van der Waals surface area (Å²) in [6.45, 7) is 6.82. The number of amides is 1. The maximum absolute atomic E-state index is 12.1. The summed E-state index contributed by atoms with van der Waals surface area (Å²) in [5, 5.41) is 2.95. The second-order valence-corrected chi connectivity index (χ2v) is 5.43. The summed E-state index contributed by atoms with van der Waals surface area (Å²) in [5.41, 5.74) is 0.640. The fourth-order valence-electron chi connectivity index (χ4n) is 1.60. The molecule has 0 spiro atoms. The lowest BCUT2D eigenvalue weighted by atomic mass is 10.1. The van der Waals surface area contributed by atoms with E-state index in [-0.39, 0.29) is 17.9 Å². The average molecular weight is 298 g/mol. The van der Waals surface area contributed by atoms with E-state index in [2.05, 4.69) is 12.2 Å². The Hall–Kier alpha value is -1.22. The third-order valence-corrected chi connectivity index (χ3v) is 3.83. The zero-order valence-corrected chi connectivity index (χ0v) is 13.2. The molecule has 1 rings (SSSR count). The van der Waals surface area contributed by atoms with Crippen molar-refractivity contribution in [2.24, 2.45) is 5.92 Å². The van der Waals surface area contributed by atoms with Crippen LogP contribution in [0.1, 0.15) is 44.0 Å². The normalized spacial score (nSPS) is 13.6. The first-order valence-corrected chi connectivity index (χ1v) is 7.71. The topological polar surface area (TPSA) is 38.3 Å². The molecule has 0 aliphatic carbocycles. The Kier molecular flexibility index (Phi) is 7.45. The second-order valence-electron chi connectivity index (χ2n) is 5.12. The maximum Gasteiger partial charge on any atom is 0.251 e. The first kappa shape index (κ1) is 16.8. The number of hydrogen-bond donors (Lipinski definition) is 1. The molecule has 0 aromatic heterocycles. The van der Waals surface area contributed by atoms with Gasteiger partial charge in [-0.2, -0.15) is 0 Å². The van der Waals surface area contributed by atoms with Crippen LogP contribution < -0.4 is 10.1 Å². The Morgan fingerprint density at radius 2 is 1.95 bits per heavy atom. The predicted molar refractivity (Wildman–Crippen MR) is 83.7 cm³/mol. The minimum absolute atomic E-state index is 0.0560. The molecule has 0 radical (unpaired) electrons. The molecule has 1 amide bonds. The lowest BCUT2D eigenvalue weighted by Gasteiger charge is -2.19. The molecule has 4 heteroatoms. The number of unbranched alkanes of at least 4 members (excludes halogenated alkanes) is 1. The minimum atomic E-state index is -0.0745. The molecule has 0 fully saturated rings. The van der Waals surface area contributed by atoms with E-state index in [4.69, 9.17) is 16.3 Å². The van der Waals surface area contributed by atoms with E-state index < -0.39 is 0 Å². The summed E-state index contributed by atoms with van der Waals surface area (Å²) in [6, 6.07) is 7.30. The fourth-order valence-corrected chi connectivity index (χ4v) is 1.87. The number of carbonyl (C=O) groups excluding carboxylic acids is 1. The second kappa shape index (κ2) is 8.85. The van der Waals surface area contributed by atoms with Crippen LogP contribution >= 0.6 is 11.6 Å². The molecule has 20 heavy (non-hydrogen) atoms. The van der Waals surface area contributed by atoms with Crippen LogP contribution in [-0.2, 0) is 0 Å². The molecule has 0 bridgehead atoms. The van der Waals surface area contributed by atoms with Gasteiger partial charge in [0.15, 0.2) is 0 Å².